The molecule has 0 spiro atoms. The van der Waals surface area contributed by atoms with Crippen LogP contribution in [0.2, 0.25) is 0 Å². The van der Waals surface area contributed by atoms with Crippen LogP contribution in [0.15, 0.2) is 5.16 Å². The van der Waals surface area contributed by atoms with E-state index >= 15 is 0 Å². The van der Waals surface area contributed by atoms with Gasteiger partial charge in [0.15, 0.2) is 5.84 Å². The number of nitrogens with two attached hydrogens (primary N) is 1. The van der Waals surface area contributed by atoms with Gasteiger partial charge in [0, 0.05) is 0 Å². The van der Waals surface area contributed by atoms with Crippen molar-refractivity contribution < 1.29 is 19.5 Å². The zero-order chi connectivity index (χ0) is 13.9. The molecule has 7 nitrogen and oxygen atoms in total. The second-order valence-corrected chi connectivity index (χ2v) is 5.35. The summed E-state index contributed by atoms with van der Waals surface area (Å²) in [6.07, 6.45) is -1.23. The van der Waals surface area contributed by atoms with E-state index in [-0.39, 0.29) is 18.5 Å². The van der Waals surface area contributed by atoms with Gasteiger partial charge in [-0.2, -0.15) is 0 Å². The van der Waals surface area contributed by atoms with Crippen LogP contribution in [-0.2, 0) is 9.47 Å². The second-order valence-electron chi connectivity index (χ2n) is 5.35. The van der Waals surface area contributed by atoms with Crippen LogP contribution in [0.4, 0.5) is 4.79 Å². The maximum atomic E-state index is 11.9. The third-order valence-electron chi connectivity index (χ3n) is 2.36. The molecule has 1 aliphatic heterocycles. The Morgan fingerprint density at radius 1 is 1.50 bits per heavy atom. The number of rotatable bonds is 1. The molecule has 0 aromatic rings. The fraction of sp³-hybridized carbons (Fsp3) is 0.818. The van der Waals surface area contributed by atoms with Crippen molar-refractivity contribution in [3.63, 3.8) is 0 Å². The predicted octanol–water partition coefficient (Wildman–Crippen LogP) is 0.757. The van der Waals surface area contributed by atoms with Gasteiger partial charge >= 0.3 is 6.09 Å². The molecular formula is C11H21N3O4. The van der Waals surface area contributed by atoms with Gasteiger partial charge in [0.1, 0.15) is 11.7 Å². The van der Waals surface area contributed by atoms with Crippen molar-refractivity contribution in [2.75, 3.05) is 13.1 Å². The molecule has 0 aromatic heterocycles. The first kappa shape index (κ1) is 14.6. The lowest BCUT2D eigenvalue weighted by atomic mass is 10.2. The van der Waals surface area contributed by atoms with Crippen molar-refractivity contribution in [3.8, 4) is 0 Å². The largest absolute Gasteiger partial charge is 0.444 e. The summed E-state index contributed by atoms with van der Waals surface area (Å²) in [6.45, 7) is 7.86. The molecule has 0 radical (unpaired) electrons. The Hall–Kier alpha value is -1.50. The fourth-order valence-electron chi connectivity index (χ4n) is 1.65. The Bertz CT molecular complexity index is 338. The van der Waals surface area contributed by atoms with E-state index in [0.29, 0.717) is 6.54 Å². The molecule has 2 atom stereocenters. The Morgan fingerprint density at radius 3 is 2.61 bits per heavy atom. The Morgan fingerprint density at radius 2 is 2.11 bits per heavy atom. The zero-order valence-corrected chi connectivity index (χ0v) is 11.2. The maximum absolute atomic E-state index is 11.9. The molecule has 1 heterocycles. The second kappa shape index (κ2) is 5.43. The highest BCUT2D eigenvalue weighted by atomic mass is 16.6. The van der Waals surface area contributed by atoms with Gasteiger partial charge in [-0.3, -0.25) is 0 Å². The number of amides is 1. The highest BCUT2D eigenvalue weighted by Gasteiger charge is 2.33. The van der Waals surface area contributed by atoms with E-state index in [1.165, 1.54) is 4.90 Å². The average Bonchev–Trinajstić information content (AvgIpc) is 2.24. The van der Waals surface area contributed by atoms with Crippen LogP contribution < -0.4 is 5.73 Å². The third-order valence-corrected chi connectivity index (χ3v) is 2.36. The fourth-order valence-corrected chi connectivity index (χ4v) is 1.65. The van der Waals surface area contributed by atoms with Gasteiger partial charge in [-0.05, 0) is 27.7 Å². The minimum atomic E-state index is -0.605. The molecule has 2 unspecified atom stereocenters. The van der Waals surface area contributed by atoms with E-state index in [4.69, 9.17) is 20.4 Å². The molecule has 1 saturated heterocycles. The zero-order valence-electron chi connectivity index (χ0n) is 11.2. The van der Waals surface area contributed by atoms with Gasteiger partial charge in [-0.15, -0.1) is 0 Å². The van der Waals surface area contributed by atoms with Crippen LogP contribution >= 0.6 is 0 Å². The van der Waals surface area contributed by atoms with E-state index in [1.54, 1.807) is 20.8 Å². The number of amidine groups is 1. The van der Waals surface area contributed by atoms with E-state index in [1.807, 2.05) is 6.92 Å². The summed E-state index contributed by atoms with van der Waals surface area (Å²) >= 11 is 0. The molecular weight excluding hydrogens is 238 g/mol. The van der Waals surface area contributed by atoms with E-state index in [2.05, 4.69) is 5.16 Å². The highest BCUT2D eigenvalue weighted by Crippen LogP contribution is 2.16. The van der Waals surface area contributed by atoms with Gasteiger partial charge < -0.3 is 25.3 Å². The lowest BCUT2D eigenvalue weighted by molar-refractivity contribution is -0.0561. The van der Waals surface area contributed by atoms with Gasteiger partial charge in [-0.25, -0.2) is 4.79 Å². The molecule has 104 valence electrons. The summed E-state index contributed by atoms with van der Waals surface area (Å²) in [4.78, 5) is 13.4. The summed E-state index contributed by atoms with van der Waals surface area (Å²) in [5, 5.41) is 11.5. The molecule has 1 amide bonds. The highest BCUT2D eigenvalue weighted by molar-refractivity contribution is 5.85. The smallest absolute Gasteiger partial charge is 0.410 e. The van der Waals surface area contributed by atoms with E-state index < -0.39 is 17.8 Å². The summed E-state index contributed by atoms with van der Waals surface area (Å²) in [5.41, 5.74) is 4.94. The van der Waals surface area contributed by atoms with Crippen molar-refractivity contribution in [1.29, 1.82) is 0 Å². The number of nitrogens with zero attached hydrogens (tertiary/aromatic N) is 2. The topological polar surface area (TPSA) is 97.4 Å². The van der Waals surface area contributed by atoms with E-state index in [0.717, 1.165) is 0 Å². The Kier molecular flexibility index (Phi) is 4.39. The molecule has 0 aliphatic carbocycles. The van der Waals surface area contributed by atoms with Crippen molar-refractivity contribution in [1.82, 2.24) is 4.90 Å². The number of hydrogen-bond acceptors (Lipinski definition) is 5. The predicted molar refractivity (Wildman–Crippen MR) is 65.6 cm³/mol. The minimum absolute atomic E-state index is 0.0462. The first-order chi connectivity index (χ1) is 8.23. The number of ether oxygens (including phenoxy) is 2. The SMILES string of the molecule is CC1CN(C(=O)OC(C)(C)C)CC(/C(N)=N/O)O1. The lowest BCUT2D eigenvalue weighted by Gasteiger charge is -2.36. The minimum Gasteiger partial charge on any atom is -0.444 e. The summed E-state index contributed by atoms with van der Waals surface area (Å²) in [7, 11) is 0. The summed E-state index contributed by atoms with van der Waals surface area (Å²) in [6, 6.07) is 0. The lowest BCUT2D eigenvalue weighted by Crippen LogP contribution is -2.54. The summed E-state index contributed by atoms with van der Waals surface area (Å²) < 4.78 is 10.8. The normalized spacial score (nSPS) is 26.0. The van der Waals surface area contributed by atoms with Crippen molar-refractivity contribution >= 4 is 11.9 Å². The standard InChI is InChI=1S/C11H21N3O4/c1-7-5-14(10(15)18-11(2,3)4)6-8(17-7)9(12)13-16/h7-8,16H,5-6H2,1-4H3,(H2,12,13). The Balaban J connectivity index is 2.69. The van der Waals surface area contributed by atoms with Crippen LogP contribution in [0.5, 0.6) is 0 Å². The quantitative estimate of drug-likeness (QED) is 0.313. The molecule has 1 rings (SSSR count). The molecule has 7 heteroatoms. The summed E-state index contributed by atoms with van der Waals surface area (Å²) in [5.74, 6) is -0.0462. The average molecular weight is 259 g/mol. The molecule has 3 N–H and O–H groups in total. The number of carbonyl (C=O) groups is 1. The van der Waals surface area contributed by atoms with Gasteiger partial charge in [-0.1, -0.05) is 5.16 Å². The van der Waals surface area contributed by atoms with Crippen LogP contribution in [0.3, 0.4) is 0 Å². The molecule has 1 fully saturated rings. The van der Waals surface area contributed by atoms with E-state index in [9.17, 15) is 4.79 Å². The van der Waals surface area contributed by atoms with Gasteiger partial charge in [0.05, 0.1) is 19.2 Å². The van der Waals surface area contributed by atoms with Crippen LogP contribution in [0.25, 0.3) is 0 Å². The Labute approximate surface area is 107 Å². The van der Waals surface area contributed by atoms with Crippen molar-refractivity contribution in [2.24, 2.45) is 10.9 Å². The van der Waals surface area contributed by atoms with Gasteiger partial charge in [0.25, 0.3) is 0 Å². The van der Waals surface area contributed by atoms with Gasteiger partial charge in [0.2, 0.25) is 0 Å². The van der Waals surface area contributed by atoms with Crippen molar-refractivity contribution in [2.45, 2.75) is 45.5 Å². The maximum Gasteiger partial charge on any atom is 0.410 e. The molecule has 0 bridgehead atoms. The van der Waals surface area contributed by atoms with Crippen LogP contribution in [-0.4, -0.2) is 52.9 Å². The number of morpholine rings is 1. The number of hydrogen-bond donors (Lipinski definition) is 2. The van der Waals surface area contributed by atoms with Crippen LogP contribution in [0.1, 0.15) is 27.7 Å². The van der Waals surface area contributed by atoms with Crippen molar-refractivity contribution in [3.05, 3.63) is 0 Å². The first-order valence-corrected chi connectivity index (χ1v) is 5.83. The number of carbonyl (C=O) groups excluding carboxylic acids is 1. The number of oxime groups is 1. The molecule has 18 heavy (non-hydrogen) atoms. The molecule has 0 saturated carbocycles. The third kappa shape index (κ3) is 4.06. The molecule has 1 aliphatic rings. The monoisotopic (exact) mass is 259 g/mol. The van der Waals surface area contributed by atoms with Crippen LogP contribution in [0, 0.1) is 0 Å². The molecule has 0 aromatic carbocycles. The first-order valence-electron chi connectivity index (χ1n) is 5.83.